The first-order chi connectivity index (χ1) is 10.8. The second-order valence-electron chi connectivity index (χ2n) is 4.55. The predicted molar refractivity (Wildman–Crippen MR) is 84.2 cm³/mol. The molecule has 0 fully saturated rings. The molecule has 23 heavy (non-hydrogen) atoms. The monoisotopic (exact) mass is 357 g/mol. The van der Waals surface area contributed by atoms with Crippen LogP contribution in [0.15, 0.2) is 35.2 Å². The summed E-state index contributed by atoms with van der Waals surface area (Å²) in [6, 6.07) is 6.82. The number of ether oxygens (including phenoxy) is 1. The van der Waals surface area contributed by atoms with E-state index in [4.69, 9.17) is 9.84 Å². The van der Waals surface area contributed by atoms with E-state index in [9.17, 15) is 18.3 Å². The smallest absolute Gasteiger partial charge is 0.241 e. The second-order valence-corrected chi connectivity index (χ2v) is 7.48. The molecule has 0 amide bonds. The summed E-state index contributed by atoms with van der Waals surface area (Å²) in [5.74, 6) is -0.485. The lowest BCUT2D eigenvalue weighted by Gasteiger charge is -2.09. The van der Waals surface area contributed by atoms with Crippen LogP contribution in [0, 0.1) is 0 Å². The van der Waals surface area contributed by atoms with Gasteiger partial charge in [0.2, 0.25) is 10.0 Å². The minimum absolute atomic E-state index is 0.0390. The van der Waals surface area contributed by atoms with E-state index in [-0.39, 0.29) is 28.7 Å². The van der Waals surface area contributed by atoms with E-state index in [2.05, 4.69) is 4.72 Å². The average Bonchev–Trinajstić information content (AvgIpc) is 2.97. The van der Waals surface area contributed by atoms with E-state index in [1.807, 2.05) is 0 Å². The van der Waals surface area contributed by atoms with Gasteiger partial charge < -0.3 is 14.9 Å². The number of hydrogen-bond acceptors (Lipinski definition) is 7. The number of aliphatic hydroxyl groups is 1. The maximum atomic E-state index is 12.2. The minimum Gasteiger partial charge on any atom is -0.504 e. The van der Waals surface area contributed by atoms with Gasteiger partial charge in [-0.25, -0.2) is 13.1 Å². The van der Waals surface area contributed by atoms with E-state index in [1.54, 1.807) is 12.1 Å². The van der Waals surface area contributed by atoms with Gasteiger partial charge >= 0.3 is 0 Å². The number of thiophene rings is 1. The molecule has 0 radical (unpaired) electrons. The molecule has 0 atom stereocenters. The number of aliphatic hydroxyl groups excluding tert-OH is 1. The SMILES string of the molecule is CC(=O)c1ccc(CNS(=O)(=O)c2ccc(O)c(OCO)c2)s1. The van der Waals surface area contributed by atoms with Gasteiger partial charge in [-0.1, -0.05) is 0 Å². The Morgan fingerprint density at radius 1 is 1.30 bits per heavy atom. The normalized spacial score (nSPS) is 11.4. The Morgan fingerprint density at radius 3 is 2.65 bits per heavy atom. The first kappa shape index (κ1) is 17.4. The molecule has 1 aromatic carbocycles. The first-order valence-corrected chi connectivity index (χ1v) is 8.79. The number of phenols is 1. The molecule has 7 nitrogen and oxygen atoms in total. The standard InChI is InChI=1S/C14H15NO6S2/c1-9(17)14-5-2-10(22-14)7-15-23(19,20)11-3-4-12(18)13(6-11)21-8-16/h2-6,15-16,18H,7-8H2,1H3. The average molecular weight is 357 g/mol. The summed E-state index contributed by atoms with van der Waals surface area (Å²) in [5, 5.41) is 18.2. The molecular weight excluding hydrogens is 342 g/mol. The summed E-state index contributed by atoms with van der Waals surface area (Å²) in [7, 11) is -3.83. The predicted octanol–water partition coefficient (Wildman–Crippen LogP) is 1.46. The number of nitrogens with one attached hydrogen (secondary N) is 1. The highest BCUT2D eigenvalue weighted by Crippen LogP contribution is 2.28. The lowest BCUT2D eigenvalue weighted by Crippen LogP contribution is -2.22. The third kappa shape index (κ3) is 4.29. The molecule has 0 saturated carbocycles. The Hall–Kier alpha value is -1.94. The van der Waals surface area contributed by atoms with E-state index < -0.39 is 16.8 Å². The third-order valence-corrected chi connectivity index (χ3v) is 5.49. The summed E-state index contributed by atoms with van der Waals surface area (Å²) in [4.78, 5) is 12.4. The number of ketones is 1. The zero-order valence-corrected chi connectivity index (χ0v) is 13.8. The molecule has 9 heteroatoms. The van der Waals surface area contributed by atoms with Crippen molar-refractivity contribution >= 4 is 27.1 Å². The van der Waals surface area contributed by atoms with Crippen molar-refractivity contribution in [1.29, 1.82) is 0 Å². The molecule has 0 bridgehead atoms. The highest BCUT2D eigenvalue weighted by atomic mass is 32.2. The lowest BCUT2D eigenvalue weighted by molar-refractivity contribution is 0.0952. The van der Waals surface area contributed by atoms with Gasteiger partial charge in [0.25, 0.3) is 0 Å². The molecule has 1 heterocycles. The largest absolute Gasteiger partial charge is 0.504 e. The maximum Gasteiger partial charge on any atom is 0.241 e. The van der Waals surface area contributed by atoms with Gasteiger partial charge in [0.1, 0.15) is 0 Å². The third-order valence-electron chi connectivity index (χ3n) is 2.91. The molecule has 0 aliphatic carbocycles. The van der Waals surface area contributed by atoms with E-state index in [1.165, 1.54) is 30.4 Å². The topological polar surface area (TPSA) is 113 Å². The van der Waals surface area contributed by atoms with Gasteiger partial charge in [-0.15, -0.1) is 11.3 Å². The molecule has 2 rings (SSSR count). The van der Waals surface area contributed by atoms with Crippen molar-refractivity contribution in [2.75, 3.05) is 6.79 Å². The summed E-state index contributed by atoms with van der Waals surface area (Å²) in [6.45, 7) is 0.795. The van der Waals surface area contributed by atoms with Gasteiger partial charge in [-0.3, -0.25) is 4.79 Å². The highest BCUT2D eigenvalue weighted by molar-refractivity contribution is 7.89. The minimum atomic E-state index is -3.83. The molecule has 0 saturated heterocycles. The van der Waals surface area contributed by atoms with Crippen LogP contribution >= 0.6 is 11.3 Å². The van der Waals surface area contributed by atoms with Gasteiger partial charge in [0.15, 0.2) is 24.1 Å². The molecule has 0 spiro atoms. The zero-order valence-electron chi connectivity index (χ0n) is 12.1. The quantitative estimate of drug-likeness (QED) is 0.511. The molecule has 0 aliphatic heterocycles. The summed E-state index contributed by atoms with van der Waals surface area (Å²) < 4.78 is 31.6. The van der Waals surface area contributed by atoms with E-state index in [0.29, 0.717) is 9.75 Å². The van der Waals surface area contributed by atoms with Crippen LogP contribution in [0.1, 0.15) is 21.5 Å². The van der Waals surface area contributed by atoms with Crippen molar-refractivity contribution in [3.05, 3.63) is 40.1 Å². The summed E-state index contributed by atoms with van der Waals surface area (Å²) >= 11 is 1.22. The van der Waals surface area contributed by atoms with Crippen molar-refractivity contribution in [2.45, 2.75) is 18.4 Å². The number of phenolic OH excluding ortho intramolecular Hbond substituents is 1. The molecule has 2 aromatic rings. The first-order valence-electron chi connectivity index (χ1n) is 6.49. The number of Topliss-reactive ketones (excluding diaryl/α,β-unsaturated/α-hetero) is 1. The number of carbonyl (C=O) groups is 1. The van der Waals surface area contributed by atoms with Gasteiger partial charge in [-0.2, -0.15) is 0 Å². The number of hydrogen-bond donors (Lipinski definition) is 3. The van der Waals surface area contributed by atoms with Crippen LogP contribution < -0.4 is 9.46 Å². The Labute approximate surface area is 137 Å². The number of benzene rings is 1. The molecule has 3 N–H and O–H groups in total. The Bertz CT molecular complexity index is 812. The van der Waals surface area contributed by atoms with Crippen molar-refractivity contribution < 1.29 is 28.2 Å². The fourth-order valence-electron chi connectivity index (χ4n) is 1.76. The van der Waals surface area contributed by atoms with Crippen LogP contribution in [0.25, 0.3) is 0 Å². The van der Waals surface area contributed by atoms with E-state index in [0.717, 1.165) is 6.07 Å². The highest BCUT2D eigenvalue weighted by Gasteiger charge is 2.17. The number of aromatic hydroxyl groups is 1. The Balaban J connectivity index is 2.15. The Morgan fingerprint density at radius 2 is 2.04 bits per heavy atom. The molecule has 0 aliphatic rings. The molecule has 1 aromatic heterocycles. The van der Waals surface area contributed by atoms with Crippen molar-refractivity contribution in [3.8, 4) is 11.5 Å². The van der Waals surface area contributed by atoms with Crippen LogP contribution in [-0.2, 0) is 16.6 Å². The van der Waals surface area contributed by atoms with Gasteiger partial charge in [0, 0.05) is 17.5 Å². The van der Waals surface area contributed by atoms with Gasteiger partial charge in [-0.05, 0) is 31.2 Å². The molecule has 0 unspecified atom stereocenters. The summed E-state index contributed by atoms with van der Waals surface area (Å²) in [6.07, 6.45) is 0. The molecule has 124 valence electrons. The number of sulfonamides is 1. The zero-order chi connectivity index (χ0) is 17.0. The van der Waals surface area contributed by atoms with Crippen molar-refractivity contribution in [3.63, 3.8) is 0 Å². The maximum absolute atomic E-state index is 12.2. The number of rotatable bonds is 7. The van der Waals surface area contributed by atoms with Crippen molar-refractivity contribution in [2.24, 2.45) is 0 Å². The second kappa shape index (κ2) is 7.09. The van der Waals surface area contributed by atoms with Crippen molar-refractivity contribution in [1.82, 2.24) is 4.72 Å². The molecular formula is C14H15NO6S2. The van der Waals surface area contributed by atoms with Gasteiger partial charge in [0.05, 0.1) is 9.77 Å². The lowest BCUT2D eigenvalue weighted by atomic mass is 10.3. The van der Waals surface area contributed by atoms with E-state index >= 15 is 0 Å². The van der Waals surface area contributed by atoms with Crippen LogP contribution in [0.3, 0.4) is 0 Å². The Kier molecular flexibility index (Phi) is 5.37. The van der Waals surface area contributed by atoms with Crippen LogP contribution in [0.4, 0.5) is 0 Å². The number of carbonyl (C=O) groups excluding carboxylic acids is 1. The van der Waals surface area contributed by atoms with Crippen LogP contribution in [0.2, 0.25) is 0 Å². The van der Waals surface area contributed by atoms with Crippen LogP contribution in [-0.4, -0.2) is 31.2 Å². The van der Waals surface area contributed by atoms with Crippen LogP contribution in [0.5, 0.6) is 11.5 Å². The fraction of sp³-hybridized carbons (Fsp3) is 0.214. The summed E-state index contributed by atoms with van der Waals surface area (Å²) in [5.41, 5.74) is 0. The fourth-order valence-corrected chi connectivity index (χ4v) is 3.71.